The first-order valence-corrected chi connectivity index (χ1v) is 7.45. The number of aromatic amines is 1. The van der Waals surface area contributed by atoms with E-state index in [-0.39, 0.29) is 11.9 Å². The summed E-state index contributed by atoms with van der Waals surface area (Å²) < 4.78 is 0.830. The third kappa shape index (κ3) is 2.45. The molecule has 1 aliphatic rings. The molecular weight excluding hydrogens is 318 g/mol. The SMILES string of the molecule is Nc1cc(Br)cc(C(=O)N2CCCC2c2ccc[nH]2)c1. The number of carbonyl (C=O) groups excluding carboxylic acids is 1. The number of halogens is 1. The van der Waals surface area contributed by atoms with Gasteiger partial charge in [-0.3, -0.25) is 4.79 Å². The molecule has 1 unspecified atom stereocenters. The lowest BCUT2D eigenvalue weighted by atomic mass is 10.1. The van der Waals surface area contributed by atoms with E-state index in [1.165, 1.54) is 0 Å². The number of anilines is 1. The zero-order valence-corrected chi connectivity index (χ0v) is 12.6. The monoisotopic (exact) mass is 333 g/mol. The van der Waals surface area contributed by atoms with Gasteiger partial charge in [-0.2, -0.15) is 0 Å². The fourth-order valence-electron chi connectivity index (χ4n) is 2.79. The molecule has 0 aliphatic carbocycles. The maximum atomic E-state index is 12.7. The first-order valence-electron chi connectivity index (χ1n) is 6.65. The molecule has 1 amide bonds. The van der Waals surface area contributed by atoms with Crippen LogP contribution in [0, 0.1) is 0 Å². The van der Waals surface area contributed by atoms with Crippen molar-refractivity contribution in [1.29, 1.82) is 0 Å². The van der Waals surface area contributed by atoms with E-state index in [0.29, 0.717) is 11.3 Å². The van der Waals surface area contributed by atoms with Crippen LogP contribution < -0.4 is 5.73 Å². The lowest BCUT2D eigenvalue weighted by molar-refractivity contribution is 0.0733. The molecule has 0 saturated carbocycles. The van der Waals surface area contributed by atoms with Gasteiger partial charge in [-0.25, -0.2) is 0 Å². The van der Waals surface area contributed by atoms with Gasteiger partial charge in [-0.15, -0.1) is 0 Å². The van der Waals surface area contributed by atoms with Gasteiger partial charge in [0, 0.05) is 34.2 Å². The van der Waals surface area contributed by atoms with Crippen molar-refractivity contribution in [3.63, 3.8) is 0 Å². The van der Waals surface area contributed by atoms with Gasteiger partial charge in [0.25, 0.3) is 5.91 Å². The van der Waals surface area contributed by atoms with Crippen molar-refractivity contribution in [3.05, 3.63) is 52.3 Å². The van der Waals surface area contributed by atoms with E-state index in [1.807, 2.05) is 29.3 Å². The van der Waals surface area contributed by atoms with E-state index >= 15 is 0 Å². The Morgan fingerprint density at radius 1 is 1.40 bits per heavy atom. The molecule has 0 bridgehead atoms. The van der Waals surface area contributed by atoms with Crippen LogP contribution in [0.25, 0.3) is 0 Å². The largest absolute Gasteiger partial charge is 0.399 e. The number of nitrogen functional groups attached to an aromatic ring is 1. The number of nitrogens with zero attached hydrogens (tertiary/aromatic N) is 1. The van der Waals surface area contributed by atoms with E-state index < -0.39 is 0 Å². The Kier molecular flexibility index (Phi) is 3.53. The Hall–Kier alpha value is -1.75. The van der Waals surface area contributed by atoms with Crippen molar-refractivity contribution in [3.8, 4) is 0 Å². The molecule has 1 saturated heterocycles. The molecule has 1 aliphatic heterocycles. The topological polar surface area (TPSA) is 62.1 Å². The van der Waals surface area contributed by atoms with Gasteiger partial charge in [0.2, 0.25) is 0 Å². The lowest BCUT2D eigenvalue weighted by Crippen LogP contribution is -2.30. The van der Waals surface area contributed by atoms with Crippen LogP contribution >= 0.6 is 15.9 Å². The number of hydrogen-bond acceptors (Lipinski definition) is 2. The average molecular weight is 334 g/mol. The minimum absolute atomic E-state index is 0.0371. The summed E-state index contributed by atoms with van der Waals surface area (Å²) in [6.45, 7) is 0.787. The summed E-state index contributed by atoms with van der Waals surface area (Å²) in [7, 11) is 0. The zero-order valence-electron chi connectivity index (χ0n) is 11.0. The quantitative estimate of drug-likeness (QED) is 0.828. The second-order valence-corrected chi connectivity index (χ2v) is 5.97. The molecule has 1 atom stereocenters. The number of rotatable bonds is 2. The highest BCUT2D eigenvalue weighted by Crippen LogP contribution is 2.32. The summed E-state index contributed by atoms with van der Waals surface area (Å²) in [5.74, 6) is 0.0371. The Bertz CT molecular complexity index is 604. The smallest absolute Gasteiger partial charge is 0.254 e. The second kappa shape index (κ2) is 5.32. The van der Waals surface area contributed by atoms with E-state index in [0.717, 1.165) is 29.6 Å². The number of benzene rings is 1. The fourth-order valence-corrected chi connectivity index (χ4v) is 3.30. The average Bonchev–Trinajstić information content (AvgIpc) is 3.07. The van der Waals surface area contributed by atoms with Crippen molar-refractivity contribution in [2.75, 3.05) is 12.3 Å². The van der Waals surface area contributed by atoms with E-state index in [2.05, 4.69) is 20.9 Å². The first kappa shape index (κ1) is 13.2. The van der Waals surface area contributed by atoms with Crippen molar-refractivity contribution in [2.24, 2.45) is 0 Å². The fraction of sp³-hybridized carbons (Fsp3) is 0.267. The number of amides is 1. The van der Waals surface area contributed by atoms with Crippen LogP contribution in [0.5, 0.6) is 0 Å². The highest BCUT2D eigenvalue weighted by molar-refractivity contribution is 9.10. The molecular formula is C15H16BrN3O. The number of carbonyl (C=O) groups is 1. The summed E-state index contributed by atoms with van der Waals surface area (Å²) >= 11 is 3.39. The highest BCUT2D eigenvalue weighted by atomic mass is 79.9. The number of hydrogen-bond donors (Lipinski definition) is 2. The maximum Gasteiger partial charge on any atom is 0.254 e. The molecule has 3 rings (SSSR count). The van der Waals surface area contributed by atoms with Crippen LogP contribution in [0.4, 0.5) is 5.69 Å². The molecule has 0 radical (unpaired) electrons. The van der Waals surface area contributed by atoms with Crippen LogP contribution in [0.15, 0.2) is 41.0 Å². The van der Waals surface area contributed by atoms with Crippen molar-refractivity contribution < 1.29 is 4.79 Å². The van der Waals surface area contributed by atoms with Gasteiger partial charge in [-0.1, -0.05) is 15.9 Å². The number of aromatic nitrogens is 1. The van der Waals surface area contributed by atoms with Gasteiger partial charge in [0.05, 0.1) is 6.04 Å². The predicted molar refractivity (Wildman–Crippen MR) is 82.4 cm³/mol. The Labute approximate surface area is 126 Å². The standard InChI is InChI=1S/C15H16BrN3O/c16-11-7-10(8-12(17)9-11)15(20)19-6-2-4-14(19)13-3-1-5-18-13/h1,3,5,7-9,14,18H,2,4,6,17H2. The maximum absolute atomic E-state index is 12.7. The summed E-state index contributed by atoms with van der Waals surface area (Å²) in [6.07, 6.45) is 3.92. The number of nitrogens with one attached hydrogen (secondary N) is 1. The van der Waals surface area contributed by atoms with Gasteiger partial charge < -0.3 is 15.6 Å². The molecule has 1 fully saturated rings. The summed E-state index contributed by atoms with van der Waals surface area (Å²) in [4.78, 5) is 17.8. The Morgan fingerprint density at radius 2 is 2.25 bits per heavy atom. The highest BCUT2D eigenvalue weighted by Gasteiger charge is 2.31. The summed E-state index contributed by atoms with van der Waals surface area (Å²) in [5, 5.41) is 0. The normalized spacial score (nSPS) is 18.4. The first-order chi connectivity index (χ1) is 9.65. The van der Waals surface area contributed by atoms with Crippen LogP contribution in [-0.2, 0) is 0 Å². The molecule has 2 aromatic rings. The van der Waals surface area contributed by atoms with E-state index in [1.54, 1.807) is 12.1 Å². The molecule has 20 heavy (non-hydrogen) atoms. The van der Waals surface area contributed by atoms with Gasteiger partial charge in [0.15, 0.2) is 0 Å². The van der Waals surface area contributed by atoms with Crippen LogP contribution in [-0.4, -0.2) is 22.3 Å². The predicted octanol–water partition coefficient (Wildman–Crippen LogP) is 3.34. The zero-order chi connectivity index (χ0) is 14.1. The molecule has 0 spiro atoms. The molecule has 4 nitrogen and oxygen atoms in total. The minimum Gasteiger partial charge on any atom is -0.399 e. The molecule has 5 heteroatoms. The van der Waals surface area contributed by atoms with Gasteiger partial charge in [-0.05, 0) is 43.2 Å². The number of H-pyrrole nitrogens is 1. The Balaban J connectivity index is 1.89. The van der Waals surface area contributed by atoms with Crippen LogP contribution in [0.3, 0.4) is 0 Å². The van der Waals surface area contributed by atoms with E-state index in [9.17, 15) is 4.79 Å². The van der Waals surface area contributed by atoms with Gasteiger partial charge >= 0.3 is 0 Å². The van der Waals surface area contributed by atoms with Crippen molar-refractivity contribution in [1.82, 2.24) is 9.88 Å². The molecule has 2 heterocycles. The minimum atomic E-state index is 0.0371. The van der Waals surface area contributed by atoms with Gasteiger partial charge in [0.1, 0.15) is 0 Å². The molecule has 1 aromatic carbocycles. The molecule has 1 aromatic heterocycles. The third-order valence-corrected chi connectivity index (χ3v) is 4.12. The van der Waals surface area contributed by atoms with Crippen molar-refractivity contribution in [2.45, 2.75) is 18.9 Å². The number of likely N-dealkylation sites (tertiary alicyclic amines) is 1. The van der Waals surface area contributed by atoms with Crippen LogP contribution in [0.2, 0.25) is 0 Å². The van der Waals surface area contributed by atoms with Crippen molar-refractivity contribution >= 4 is 27.5 Å². The molecule has 3 N–H and O–H groups in total. The lowest BCUT2D eigenvalue weighted by Gasteiger charge is -2.24. The summed E-state index contributed by atoms with van der Waals surface area (Å²) in [6, 6.07) is 9.49. The molecule has 104 valence electrons. The number of nitrogens with two attached hydrogens (primary N) is 1. The third-order valence-electron chi connectivity index (χ3n) is 3.66. The Morgan fingerprint density at radius 3 is 2.95 bits per heavy atom. The van der Waals surface area contributed by atoms with E-state index in [4.69, 9.17) is 5.73 Å². The second-order valence-electron chi connectivity index (χ2n) is 5.06. The van der Waals surface area contributed by atoms with Crippen LogP contribution in [0.1, 0.15) is 34.9 Å². The summed E-state index contributed by atoms with van der Waals surface area (Å²) in [5.41, 5.74) is 8.14.